The predicted octanol–water partition coefficient (Wildman–Crippen LogP) is 7.46. The van der Waals surface area contributed by atoms with Crippen LogP contribution in [0.25, 0.3) is 0 Å². The lowest BCUT2D eigenvalue weighted by Gasteiger charge is -2.56. The Labute approximate surface area is 243 Å². The number of nitrogens with one attached hydrogen (secondary N) is 4. The molecule has 8 bridgehead atoms. The number of urea groups is 2. The van der Waals surface area contributed by atoms with Gasteiger partial charge >= 0.3 is 12.1 Å². The highest BCUT2D eigenvalue weighted by atomic mass is 16.2. The molecule has 6 heteroatoms. The molecular weight excluding hydrogens is 508 g/mol. The fraction of sp³-hybridized carbons (Fsp3) is 0.600. The number of benzene rings is 2. The number of hydrogen-bond donors (Lipinski definition) is 4. The fourth-order valence-corrected chi connectivity index (χ4v) is 11.0. The molecule has 8 fully saturated rings. The molecule has 216 valence electrons. The Bertz CT molecular complexity index is 1140. The Hall–Kier alpha value is -3.02. The lowest BCUT2D eigenvalue weighted by Crippen LogP contribution is -2.60. The average molecular weight is 553 g/mol. The van der Waals surface area contributed by atoms with E-state index in [1.54, 1.807) is 0 Å². The highest BCUT2D eigenvalue weighted by Gasteiger charge is 2.52. The van der Waals surface area contributed by atoms with Crippen LogP contribution in [0.3, 0.4) is 0 Å². The third-order valence-electron chi connectivity index (χ3n) is 11.7. The van der Waals surface area contributed by atoms with Gasteiger partial charge in [0.2, 0.25) is 0 Å². The maximum Gasteiger partial charge on any atom is 0.319 e. The summed E-state index contributed by atoms with van der Waals surface area (Å²) < 4.78 is 0. The van der Waals surface area contributed by atoms with Crippen molar-refractivity contribution in [2.45, 2.75) is 94.5 Å². The number of hydrogen-bond acceptors (Lipinski definition) is 2. The van der Waals surface area contributed by atoms with E-state index in [0.717, 1.165) is 91.8 Å². The van der Waals surface area contributed by atoms with Crippen LogP contribution in [0.5, 0.6) is 0 Å². The van der Waals surface area contributed by atoms with Gasteiger partial charge in [-0.05, 0) is 154 Å². The van der Waals surface area contributed by atoms with Crippen molar-refractivity contribution in [1.29, 1.82) is 0 Å². The Morgan fingerprint density at radius 3 is 1.10 bits per heavy atom. The molecule has 6 nitrogen and oxygen atoms in total. The van der Waals surface area contributed by atoms with E-state index in [2.05, 4.69) is 45.5 Å². The second-order valence-corrected chi connectivity index (χ2v) is 15.1. The quantitative estimate of drug-likeness (QED) is 0.300. The molecule has 0 radical (unpaired) electrons. The number of carbonyl (C=O) groups is 2. The SMILES string of the molecule is O=C(Nc1ccc(Cc2ccc(NC(=O)NC34CC5CC(CC(C5)C3)C4)cc2)cc1)NC12CC3CC(CC(C3)C1)C2. The molecule has 8 aliphatic rings. The lowest BCUT2D eigenvalue weighted by atomic mass is 9.53. The molecule has 8 aliphatic carbocycles. The first-order valence-corrected chi connectivity index (χ1v) is 16.2. The van der Waals surface area contributed by atoms with Crippen molar-refractivity contribution < 1.29 is 9.59 Å². The minimum atomic E-state index is -0.0602. The van der Waals surface area contributed by atoms with Crippen LogP contribution in [0.1, 0.15) is 88.2 Å². The van der Waals surface area contributed by atoms with Crippen LogP contribution in [0.2, 0.25) is 0 Å². The van der Waals surface area contributed by atoms with E-state index >= 15 is 0 Å². The number of carbonyl (C=O) groups excluding carboxylic acids is 2. The highest BCUT2D eigenvalue weighted by Crippen LogP contribution is 2.56. The second kappa shape index (κ2) is 9.78. The summed E-state index contributed by atoms with van der Waals surface area (Å²) >= 11 is 0. The second-order valence-electron chi connectivity index (χ2n) is 15.1. The van der Waals surface area contributed by atoms with Gasteiger partial charge in [-0.3, -0.25) is 0 Å². The molecule has 10 rings (SSSR count). The average Bonchev–Trinajstić information content (AvgIpc) is 2.88. The van der Waals surface area contributed by atoms with Crippen molar-refractivity contribution >= 4 is 23.4 Å². The Balaban J connectivity index is 0.827. The number of amides is 4. The largest absolute Gasteiger partial charge is 0.332 e. The lowest BCUT2D eigenvalue weighted by molar-refractivity contribution is -0.0130. The van der Waals surface area contributed by atoms with E-state index in [-0.39, 0.29) is 23.1 Å². The molecule has 0 unspecified atom stereocenters. The van der Waals surface area contributed by atoms with Gasteiger partial charge in [0.25, 0.3) is 0 Å². The Morgan fingerprint density at radius 2 is 0.805 bits per heavy atom. The summed E-state index contributed by atoms with van der Waals surface area (Å²) in [7, 11) is 0. The molecule has 0 atom stereocenters. The van der Waals surface area contributed by atoms with E-state index in [4.69, 9.17) is 0 Å². The molecule has 0 saturated heterocycles. The maximum atomic E-state index is 12.9. The first kappa shape index (κ1) is 25.7. The Morgan fingerprint density at radius 1 is 0.512 bits per heavy atom. The van der Waals surface area contributed by atoms with E-state index in [1.165, 1.54) is 49.7 Å². The van der Waals surface area contributed by atoms with Crippen molar-refractivity contribution in [2.24, 2.45) is 35.5 Å². The molecular formula is C35H44N4O2. The third kappa shape index (κ3) is 5.23. The first-order valence-electron chi connectivity index (χ1n) is 16.2. The predicted molar refractivity (Wildman–Crippen MR) is 162 cm³/mol. The van der Waals surface area contributed by atoms with Crippen LogP contribution in [-0.2, 0) is 6.42 Å². The van der Waals surface area contributed by atoms with Crippen molar-refractivity contribution in [2.75, 3.05) is 10.6 Å². The van der Waals surface area contributed by atoms with Crippen molar-refractivity contribution in [3.63, 3.8) is 0 Å². The molecule has 8 saturated carbocycles. The molecule has 4 N–H and O–H groups in total. The van der Waals surface area contributed by atoms with Crippen LogP contribution < -0.4 is 21.3 Å². The zero-order valence-corrected chi connectivity index (χ0v) is 24.1. The molecule has 2 aromatic rings. The molecule has 0 spiro atoms. The van der Waals surface area contributed by atoms with E-state index in [1.807, 2.05) is 24.3 Å². The van der Waals surface area contributed by atoms with Gasteiger partial charge in [-0.15, -0.1) is 0 Å². The monoisotopic (exact) mass is 552 g/mol. The van der Waals surface area contributed by atoms with E-state index in [0.29, 0.717) is 0 Å². The highest BCUT2D eigenvalue weighted by molar-refractivity contribution is 5.90. The topological polar surface area (TPSA) is 82.3 Å². The van der Waals surface area contributed by atoms with Gasteiger partial charge < -0.3 is 21.3 Å². The molecule has 41 heavy (non-hydrogen) atoms. The van der Waals surface area contributed by atoms with Crippen LogP contribution in [0.4, 0.5) is 21.0 Å². The fourth-order valence-electron chi connectivity index (χ4n) is 11.0. The molecule has 0 heterocycles. The van der Waals surface area contributed by atoms with E-state index < -0.39 is 0 Å². The van der Waals surface area contributed by atoms with Crippen LogP contribution >= 0.6 is 0 Å². The van der Waals surface area contributed by atoms with Gasteiger partial charge in [-0.25, -0.2) is 9.59 Å². The standard InChI is InChI=1S/C35H44N4O2/c40-32(38-34-16-24-10-25(17-34)12-26(11-24)18-34)36-30-5-1-22(2-6-30)9-23-3-7-31(8-4-23)37-33(41)39-35-19-27-13-28(20-35)15-29(14-27)21-35/h1-8,24-29H,9-21H2,(H2,36,38,40)(H2,37,39,41). The summed E-state index contributed by atoms with van der Waals surface area (Å²) in [5.74, 6) is 4.88. The summed E-state index contributed by atoms with van der Waals surface area (Å²) in [5.41, 5.74) is 4.10. The van der Waals surface area contributed by atoms with Gasteiger partial charge in [-0.1, -0.05) is 24.3 Å². The first-order chi connectivity index (χ1) is 19.9. The van der Waals surface area contributed by atoms with Gasteiger partial charge in [-0.2, -0.15) is 0 Å². The number of rotatable bonds is 6. The van der Waals surface area contributed by atoms with Gasteiger partial charge in [0.15, 0.2) is 0 Å². The summed E-state index contributed by atoms with van der Waals surface area (Å²) in [6, 6.07) is 16.2. The minimum absolute atomic E-state index is 0.0231. The van der Waals surface area contributed by atoms with E-state index in [9.17, 15) is 9.59 Å². The zero-order valence-electron chi connectivity index (χ0n) is 24.1. The summed E-state index contributed by atoms with van der Waals surface area (Å²) in [6.07, 6.45) is 16.0. The molecule has 0 aliphatic heterocycles. The van der Waals surface area contributed by atoms with Crippen molar-refractivity contribution in [3.05, 3.63) is 59.7 Å². The van der Waals surface area contributed by atoms with Crippen molar-refractivity contribution in [3.8, 4) is 0 Å². The zero-order chi connectivity index (χ0) is 27.6. The Kier molecular flexibility index (Phi) is 6.12. The van der Waals surface area contributed by atoms with Gasteiger partial charge in [0.1, 0.15) is 0 Å². The normalized spacial score (nSPS) is 37.6. The molecule has 4 amide bonds. The molecule has 0 aromatic heterocycles. The minimum Gasteiger partial charge on any atom is -0.332 e. The number of anilines is 2. The van der Waals surface area contributed by atoms with Gasteiger partial charge in [0.05, 0.1) is 0 Å². The van der Waals surface area contributed by atoms with Crippen LogP contribution in [0, 0.1) is 35.5 Å². The smallest absolute Gasteiger partial charge is 0.319 e. The summed E-state index contributed by atoms with van der Waals surface area (Å²) in [6.45, 7) is 0. The van der Waals surface area contributed by atoms with Crippen molar-refractivity contribution in [1.82, 2.24) is 10.6 Å². The molecule has 2 aromatic carbocycles. The third-order valence-corrected chi connectivity index (χ3v) is 11.7. The van der Waals surface area contributed by atoms with Gasteiger partial charge in [0, 0.05) is 22.5 Å². The summed E-state index contributed by atoms with van der Waals surface area (Å²) in [5, 5.41) is 13.0. The van der Waals surface area contributed by atoms with Crippen LogP contribution in [-0.4, -0.2) is 23.1 Å². The summed E-state index contributed by atoms with van der Waals surface area (Å²) in [4.78, 5) is 25.8. The van der Waals surface area contributed by atoms with Crippen LogP contribution in [0.15, 0.2) is 48.5 Å². The maximum absolute atomic E-state index is 12.9.